The normalized spacial score (nSPS) is 34.5. The second-order valence-electron chi connectivity index (χ2n) is 6.67. The quantitative estimate of drug-likeness (QED) is 0.831. The van der Waals surface area contributed by atoms with E-state index in [1.54, 1.807) is 7.11 Å². The molecule has 4 atom stereocenters. The molecule has 4 heteroatoms. The molecule has 2 aliphatic rings. The van der Waals surface area contributed by atoms with E-state index in [4.69, 9.17) is 4.74 Å². The zero-order valence-electron chi connectivity index (χ0n) is 13.2. The molecule has 0 spiro atoms. The number of quaternary nitrogens is 1. The van der Waals surface area contributed by atoms with E-state index in [1.165, 1.54) is 11.3 Å². The Kier molecular flexibility index (Phi) is 4.37. The van der Waals surface area contributed by atoms with E-state index in [-0.39, 0.29) is 12.0 Å². The highest BCUT2D eigenvalue weighted by Crippen LogP contribution is 2.45. The smallest absolute Gasteiger partial charge is 0.165 e. The van der Waals surface area contributed by atoms with Gasteiger partial charge in [-0.05, 0) is 25.0 Å². The van der Waals surface area contributed by atoms with Gasteiger partial charge in [0.15, 0.2) is 6.54 Å². The zero-order chi connectivity index (χ0) is 15.6. The van der Waals surface area contributed by atoms with Gasteiger partial charge in [0.2, 0.25) is 0 Å². The first-order valence-corrected chi connectivity index (χ1v) is 8.26. The van der Waals surface area contributed by atoms with Gasteiger partial charge >= 0.3 is 0 Å². The van der Waals surface area contributed by atoms with Crippen LogP contribution in [0.2, 0.25) is 0 Å². The van der Waals surface area contributed by atoms with Crippen LogP contribution in [0.3, 0.4) is 0 Å². The molecule has 1 aliphatic heterocycles. The van der Waals surface area contributed by atoms with Gasteiger partial charge in [0.05, 0.1) is 24.8 Å². The van der Waals surface area contributed by atoms with E-state index in [9.17, 15) is 10.4 Å². The van der Waals surface area contributed by atoms with Gasteiger partial charge in [0.1, 0.15) is 17.9 Å². The lowest BCUT2D eigenvalue weighted by atomic mass is 9.66. The lowest BCUT2D eigenvalue weighted by Crippen LogP contribution is -3.15. The zero-order valence-corrected chi connectivity index (χ0v) is 13.2. The number of piperidine rings is 1. The topological polar surface area (TPSA) is 57.7 Å². The molecule has 3 rings (SSSR count). The van der Waals surface area contributed by atoms with Crippen LogP contribution in [-0.4, -0.2) is 30.9 Å². The second-order valence-corrected chi connectivity index (χ2v) is 6.67. The van der Waals surface area contributed by atoms with Crippen molar-refractivity contribution in [1.82, 2.24) is 0 Å². The van der Waals surface area contributed by atoms with Crippen molar-refractivity contribution in [2.75, 3.05) is 20.2 Å². The number of hydrogen-bond acceptors (Lipinski definition) is 3. The number of fused-ring (bicyclic) bond motifs is 1. The van der Waals surface area contributed by atoms with Gasteiger partial charge in [-0.3, -0.25) is 0 Å². The summed E-state index contributed by atoms with van der Waals surface area (Å²) in [6, 6.07) is 10.6. The minimum Gasteiger partial charge on any atom is -0.496 e. The van der Waals surface area contributed by atoms with Gasteiger partial charge < -0.3 is 14.7 Å². The highest BCUT2D eigenvalue weighted by Gasteiger charge is 2.52. The number of nitrogens with one attached hydrogen (secondary N) is 1. The van der Waals surface area contributed by atoms with Gasteiger partial charge in [-0.1, -0.05) is 25.0 Å². The number of ether oxygens (including phenoxy) is 1. The molecule has 1 unspecified atom stereocenters. The summed E-state index contributed by atoms with van der Waals surface area (Å²) >= 11 is 0. The average Bonchev–Trinajstić information content (AvgIpc) is 2.55. The number of nitriles is 1. The fourth-order valence-corrected chi connectivity index (χ4v) is 4.51. The number of benzene rings is 1. The number of nitrogens with zero attached hydrogens (tertiary/aromatic N) is 1. The van der Waals surface area contributed by atoms with Crippen molar-refractivity contribution in [1.29, 1.82) is 5.26 Å². The monoisotopic (exact) mass is 301 g/mol. The molecule has 4 nitrogen and oxygen atoms in total. The Labute approximate surface area is 132 Å². The van der Waals surface area contributed by atoms with Crippen LogP contribution in [-0.2, 0) is 0 Å². The third-order valence-electron chi connectivity index (χ3n) is 5.57. The summed E-state index contributed by atoms with van der Waals surface area (Å²) in [7, 11) is 1.69. The lowest BCUT2D eigenvalue weighted by Gasteiger charge is -2.49. The summed E-state index contributed by atoms with van der Waals surface area (Å²) < 4.78 is 5.56. The van der Waals surface area contributed by atoms with Crippen molar-refractivity contribution < 1.29 is 14.7 Å². The molecule has 1 aromatic rings. The summed E-state index contributed by atoms with van der Waals surface area (Å²) in [5.41, 5.74) is 0.572. The van der Waals surface area contributed by atoms with E-state index >= 15 is 0 Å². The summed E-state index contributed by atoms with van der Waals surface area (Å²) in [5.74, 6) is 1.09. The van der Waals surface area contributed by atoms with Gasteiger partial charge in [0, 0.05) is 12.3 Å². The van der Waals surface area contributed by atoms with Crippen LogP contribution < -0.4 is 9.64 Å². The lowest BCUT2D eigenvalue weighted by molar-refractivity contribution is -0.938. The SMILES string of the molecule is COc1ccccc1[C@H]1[C@H]2CCCC[C@]2(O)CC[NH+]1CC#N. The van der Waals surface area contributed by atoms with Crippen molar-refractivity contribution in [3.63, 3.8) is 0 Å². The maximum absolute atomic E-state index is 11.1. The third-order valence-corrected chi connectivity index (χ3v) is 5.57. The number of likely N-dealkylation sites (tertiary alicyclic amines) is 1. The Bertz CT molecular complexity index is 568. The Morgan fingerprint density at radius 2 is 2.18 bits per heavy atom. The van der Waals surface area contributed by atoms with Crippen molar-refractivity contribution >= 4 is 0 Å². The molecule has 0 amide bonds. The van der Waals surface area contributed by atoms with Gasteiger partial charge in [-0.2, -0.15) is 5.26 Å². The summed E-state index contributed by atoms with van der Waals surface area (Å²) in [6.07, 6.45) is 5.01. The standard InChI is InChI=1S/C18H24N2O2/c1-22-16-8-3-2-6-14(16)17-15-7-4-5-9-18(15,21)10-12-20(17)13-11-19/h2-3,6,8,15,17,21H,4-5,7,9-10,12-13H2,1H3/p+1/t15-,17+,18+/m1/s1. The van der Waals surface area contributed by atoms with E-state index in [2.05, 4.69) is 12.1 Å². The fraction of sp³-hybridized carbons (Fsp3) is 0.611. The molecule has 1 heterocycles. The Hall–Kier alpha value is -1.57. The van der Waals surface area contributed by atoms with Crippen LogP contribution in [0, 0.1) is 17.2 Å². The van der Waals surface area contributed by atoms with Crippen molar-refractivity contribution in [3.8, 4) is 11.8 Å². The summed E-state index contributed by atoms with van der Waals surface area (Å²) in [6.45, 7) is 1.33. The molecule has 1 saturated carbocycles. The number of para-hydroxylation sites is 1. The highest BCUT2D eigenvalue weighted by molar-refractivity contribution is 5.36. The molecular formula is C18H25N2O2+. The van der Waals surface area contributed by atoms with Crippen LogP contribution >= 0.6 is 0 Å². The summed E-state index contributed by atoms with van der Waals surface area (Å²) in [5, 5.41) is 20.3. The van der Waals surface area contributed by atoms with Crippen LogP contribution in [0.4, 0.5) is 0 Å². The minimum absolute atomic E-state index is 0.148. The maximum atomic E-state index is 11.1. The molecule has 118 valence electrons. The summed E-state index contributed by atoms with van der Waals surface area (Å²) in [4.78, 5) is 1.27. The Morgan fingerprint density at radius 3 is 2.95 bits per heavy atom. The first-order chi connectivity index (χ1) is 10.7. The number of rotatable bonds is 3. The maximum Gasteiger partial charge on any atom is 0.165 e. The van der Waals surface area contributed by atoms with E-state index in [1.807, 2.05) is 18.2 Å². The van der Waals surface area contributed by atoms with Gasteiger partial charge in [-0.25, -0.2) is 0 Å². The molecule has 22 heavy (non-hydrogen) atoms. The van der Waals surface area contributed by atoms with Crippen molar-refractivity contribution in [2.24, 2.45) is 5.92 Å². The third kappa shape index (κ3) is 2.60. The number of aliphatic hydroxyl groups is 1. The second kappa shape index (κ2) is 6.28. The first kappa shape index (κ1) is 15.3. The molecule has 1 aliphatic carbocycles. The van der Waals surface area contributed by atoms with E-state index in [0.717, 1.165) is 43.5 Å². The minimum atomic E-state index is -0.567. The molecule has 1 aromatic carbocycles. The molecule has 2 fully saturated rings. The van der Waals surface area contributed by atoms with E-state index < -0.39 is 5.60 Å². The van der Waals surface area contributed by atoms with Crippen LogP contribution in [0.1, 0.15) is 43.7 Å². The van der Waals surface area contributed by atoms with Crippen LogP contribution in [0.5, 0.6) is 5.75 Å². The average molecular weight is 301 g/mol. The fourth-order valence-electron chi connectivity index (χ4n) is 4.51. The molecule has 0 aromatic heterocycles. The van der Waals surface area contributed by atoms with E-state index in [0.29, 0.717) is 6.54 Å². The molecule has 2 N–H and O–H groups in total. The highest BCUT2D eigenvalue weighted by atomic mass is 16.5. The Balaban J connectivity index is 2.03. The number of hydrogen-bond donors (Lipinski definition) is 2. The van der Waals surface area contributed by atoms with Gasteiger partial charge in [-0.15, -0.1) is 0 Å². The van der Waals surface area contributed by atoms with Gasteiger partial charge in [0.25, 0.3) is 0 Å². The van der Waals surface area contributed by atoms with Crippen LogP contribution in [0.15, 0.2) is 24.3 Å². The predicted octanol–water partition coefficient (Wildman–Crippen LogP) is 1.47. The molecule has 1 saturated heterocycles. The molecular weight excluding hydrogens is 276 g/mol. The predicted molar refractivity (Wildman–Crippen MR) is 83.6 cm³/mol. The van der Waals surface area contributed by atoms with Crippen molar-refractivity contribution in [3.05, 3.63) is 29.8 Å². The molecule has 0 radical (unpaired) electrons. The van der Waals surface area contributed by atoms with Crippen LogP contribution in [0.25, 0.3) is 0 Å². The number of methoxy groups -OCH3 is 1. The Morgan fingerprint density at radius 1 is 1.36 bits per heavy atom. The largest absolute Gasteiger partial charge is 0.496 e. The molecule has 0 bridgehead atoms. The first-order valence-electron chi connectivity index (χ1n) is 8.26. The van der Waals surface area contributed by atoms with Crippen molar-refractivity contribution in [2.45, 2.75) is 43.7 Å².